The summed E-state index contributed by atoms with van der Waals surface area (Å²) in [5.41, 5.74) is 0. The minimum Gasteiger partial charge on any atom is -0.457 e. The number of esters is 1. The Hall–Kier alpha value is -1.18. The van der Waals surface area contributed by atoms with Gasteiger partial charge >= 0.3 is 13.8 Å². The Morgan fingerprint density at radius 1 is 0.508 bits per heavy atom. The van der Waals surface area contributed by atoms with Crippen LogP contribution in [0.5, 0.6) is 0 Å². The predicted molar refractivity (Wildman–Crippen MR) is 253 cm³/mol. The summed E-state index contributed by atoms with van der Waals surface area (Å²) in [6, 6.07) is 0. The summed E-state index contributed by atoms with van der Waals surface area (Å²) in [4.78, 5) is 23.2. The van der Waals surface area contributed by atoms with Gasteiger partial charge in [-0.25, -0.2) is 4.57 Å². The number of unbranched alkanes of at least 4 members (excludes halogenated alkanes) is 28. The number of phosphoric ester groups is 1. The molecule has 0 radical (unpaired) electrons. The molecule has 1 aliphatic carbocycles. The zero-order chi connectivity index (χ0) is 46.2. The minimum atomic E-state index is -5.02. The Labute approximate surface area is 383 Å². The van der Waals surface area contributed by atoms with Crippen molar-refractivity contribution in [1.29, 1.82) is 0 Å². The highest BCUT2D eigenvalue weighted by Crippen LogP contribution is 2.47. The third-order valence-corrected chi connectivity index (χ3v) is 13.1. The molecule has 6 N–H and O–H groups in total. The Bertz CT molecular complexity index is 1140. The van der Waals surface area contributed by atoms with Gasteiger partial charge in [0.2, 0.25) is 0 Å². The highest BCUT2D eigenvalue weighted by atomic mass is 31.2. The average molecular weight is 919 g/mol. The van der Waals surface area contributed by atoms with Gasteiger partial charge in [-0.3, -0.25) is 13.8 Å². The maximum atomic E-state index is 12.8. The fourth-order valence-electron chi connectivity index (χ4n) is 7.98. The van der Waals surface area contributed by atoms with Gasteiger partial charge in [0.15, 0.2) is 0 Å². The minimum absolute atomic E-state index is 0.0738. The molecule has 0 aromatic rings. The molecule has 0 aromatic carbocycles. The number of rotatable bonds is 44. The molecule has 1 aliphatic rings. The highest BCUT2D eigenvalue weighted by molar-refractivity contribution is 7.47. The zero-order valence-corrected chi connectivity index (χ0v) is 40.8. The van der Waals surface area contributed by atoms with E-state index >= 15 is 0 Å². The van der Waals surface area contributed by atoms with Crippen molar-refractivity contribution in [2.75, 3.05) is 19.8 Å². The lowest BCUT2D eigenvalue weighted by atomic mass is 9.85. The SMILES string of the molecule is CCCCCCC/C=C\C/C=C\CCCCCCCCCCCC(=O)OC(COCCCCCCCCCCCCCCCCC)COP(=O)(O)OC1C(O)C(O)C(O)C(O)C1O. The maximum Gasteiger partial charge on any atom is 0.472 e. The smallest absolute Gasteiger partial charge is 0.457 e. The number of carbonyl (C=O) groups excluding carboxylic acids is 1. The van der Waals surface area contributed by atoms with Crippen LogP contribution in [0.1, 0.15) is 226 Å². The van der Waals surface area contributed by atoms with Crippen LogP contribution in [0.25, 0.3) is 0 Å². The highest BCUT2D eigenvalue weighted by Gasteiger charge is 2.51. The van der Waals surface area contributed by atoms with E-state index in [2.05, 4.69) is 38.2 Å². The van der Waals surface area contributed by atoms with E-state index in [-0.39, 0.29) is 13.0 Å². The van der Waals surface area contributed by atoms with Crippen molar-refractivity contribution in [3.8, 4) is 0 Å². The van der Waals surface area contributed by atoms with E-state index in [0.717, 1.165) is 51.4 Å². The molecule has 6 unspecified atom stereocenters. The first-order chi connectivity index (χ1) is 30.5. The summed E-state index contributed by atoms with van der Waals surface area (Å²) in [5.74, 6) is -0.478. The summed E-state index contributed by atoms with van der Waals surface area (Å²) < 4.78 is 34.3. The van der Waals surface area contributed by atoms with E-state index in [0.29, 0.717) is 13.0 Å². The fraction of sp³-hybridized carbons (Fsp3) is 0.900. The van der Waals surface area contributed by atoms with Crippen LogP contribution in [0.2, 0.25) is 0 Å². The normalized spacial score (nSPS) is 22.0. The number of aliphatic hydroxyl groups excluding tert-OH is 5. The second-order valence-electron chi connectivity index (χ2n) is 18.0. The average Bonchev–Trinajstić information content (AvgIpc) is 3.27. The molecule has 1 saturated carbocycles. The number of hydrogen-bond donors (Lipinski definition) is 6. The molecule has 0 spiro atoms. The first-order valence-corrected chi connectivity index (χ1v) is 27.2. The van der Waals surface area contributed by atoms with Crippen molar-refractivity contribution < 1.29 is 58.3 Å². The van der Waals surface area contributed by atoms with Crippen LogP contribution in [-0.4, -0.2) is 98.9 Å². The van der Waals surface area contributed by atoms with Crippen molar-refractivity contribution in [1.82, 2.24) is 0 Å². The summed E-state index contributed by atoms with van der Waals surface area (Å²) in [7, 11) is -5.02. The Kier molecular flexibility index (Phi) is 39.0. The van der Waals surface area contributed by atoms with Crippen molar-refractivity contribution in [3.05, 3.63) is 24.3 Å². The second kappa shape index (κ2) is 41.0. The molecule has 13 heteroatoms. The van der Waals surface area contributed by atoms with Crippen molar-refractivity contribution in [2.45, 2.75) is 268 Å². The lowest BCUT2D eigenvalue weighted by Crippen LogP contribution is -2.64. The number of carbonyl (C=O) groups is 1. The third-order valence-electron chi connectivity index (χ3n) is 12.1. The van der Waals surface area contributed by atoms with Crippen LogP contribution in [0, 0.1) is 0 Å². The van der Waals surface area contributed by atoms with Gasteiger partial charge in [0, 0.05) is 13.0 Å². The van der Waals surface area contributed by atoms with E-state index in [1.165, 1.54) is 148 Å². The standard InChI is InChI=1S/C50H95O12P/c1-3-5-7-9-11-13-15-17-19-20-21-22-23-24-25-27-29-31-33-35-37-39-44(51)61-43(42-60-63(57,58)62-50-48(55)46(53)45(52)47(54)49(50)56)41-59-40-38-36-34-32-30-28-26-18-16-14-12-10-8-6-4-2/h15,17,20-21,43,45-50,52-56H,3-14,16,18-19,22-42H2,1-2H3,(H,57,58)/b17-15-,21-20-. The van der Waals surface area contributed by atoms with Gasteiger partial charge in [0.25, 0.3) is 0 Å². The lowest BCUT2D eigenvalue weighted by Gasteiger charge is -2.41. The van der Waals surface area contributed by atoms with Crippen LogP contribution in [0.4, 0.5) is 0 Å². The van der Waals surface area contributed by atoms with E-state index in [1.54, 1.807) is 0 Å². The van der Waals surface area contributed by atoms with Crippen LogP contribution in [-0.2, 0) is 27.9 Å². The van der Waals surface area contributed by atoms with Gasteiger partial charge in [-0.2, -0.15) is 0 Å². The van der Waals surface area contributed by atoms with Crippen LogP contribution in [0.3, 0.4) is 0 Å². The van der Waals surface area contributed by atoms with Gasteiger partial charge in [-0.15, -0.1) is 0 Å². The summed E-state index contributed by atoms with van der Waals surface area (Å²) in [6.45, 7) is 4.28. The summed E-state index contributed by atoms with van der Waals surface area (Å²) in [5, 5.41) is 50.3. The van der Waals surface area contributed by atoms with Gasteiger partial charge in [-0.05, 0) is 44.9 Å². The Morgan fingerprint density at radius 3 is 1.33 bits per heavy atom. The number of ether oxygens (including phenoxy) is 2. The number of aliphatic hydroxyl groups is 5. The second-order valence-corrected chi connectivity index (χ2v) is 19.4. The molecule has 0 amide bonds. The molecular weight excluding hydrogens is 824 g/mol. The molecule has 1 fully saturated rings. The maximum absolute atomic E-state index is 12.8. The van der Waals surface area contributed by atoms with Crippen LogP contribution in [0.15, 0.2) is 24.3 Å². The lowest BCUT2D eigenvalue weighted by molar-refractivity contribution is -0.220. The largest absolute Gasteiger partial charge is 0.472 e. The van der Waals surface area contributed by atoms with Crippen LogP contribution < -0.4 is 0 Å². The van der Waals surface area contributed by atoms with Crippen molar-refractivity contribution in [2.24, 2.45) is 0 Å². The van der Waals surface area contributed by atoms with Crippen LogP contribution >= 0.6 is 7.82 Å². The summed E-state index contributed by atoms with van der Waals surface area (Å²) in [6.07, 6.45) is 35.2. The zero-order valence-electron chi connectivity index (χ0n) is 39.9. The van der Waals surface area contributed by atoms with Gasteiger partial charge in [-0.1, -0.05) is 199 Å². The number of allylic oxidation sites excluding steroid dienone is 4. The van der Waals surface area contributed by atoms with E-state index in [4.69, 9.17) is 18.5 Å². The Morgan fingerprint density at radius 2 is 0.889 bits per heavy atom. The molecular formula is C50H95O12P. The quantitative estimate of drug-likeness (QED) is 0.0147. The monoisotopic (exact) mass is 919 g/mol. The number of phosphoric acid groups is 1. The Balaban J connectivity index is 2.33. The van der Waals surface area contributed by atoms with E-state index in [1.807, 2.05) is 0 Å². The molecule has 12 nitrogen and oxygen atoms in total. The molecule has 63 heavy (non-hydrogen) atoms. The van der Waals surface area contributed by atoms with Gasteiger partial charge in [0.05, 0.1) is 13.2 Å². The topological polar surface area (TPSA) is 192 Å². The molecule has 1 rings (SSSR count). The fourth-order valence-corrected chi connectivity index (χ4v) is 8.95. The molecule has 0 bridgehead atoms. The van der Waals surface area contributed by atoms with Crippen molar-refractivity contribution >= 4 is 13.8 Å². The molecule has 0 aliphatic heterocycles. The van der Waals surface area contributed by atoms with Gasteiger partial charge < -0.3 is 39.9 Å². The summed E-state index contributed by atoms with van der Waals surface area (Å²) >= 11 is 0. The molecule has 6 atom stereocenters. The van der Waals surface area contributed by atoms with E-state index < -0.39 is 63.1 Å². The van der Waals surface area contributed by atoms with Gasteiger partial charge in [0.1, 0.15) is 42.7 Å². The molecule has 0 aromatic heterocycles. The predicted octanol–water partition coefficient (Wildman–Crippen LogP) is 11.3. The first kappa shape index (κ1) is 59.8. The van der Waals surface area contributed by atoms with E-state index in [9.17, 15) is 39.8 Å². The first-order valence-electron chi connectivity index (χ1n) is 25.7. The number of hydrogen-bond acceptors (Lipinski definition) is 11. The molecule has 0 saturated heterocycles. The molecule has 0 heterocycles. The van der Waals surface area contributed by atoms with Crippen molar-refractivity contribution in [3.63, 3.8) is 0 Å². The third kappa shape index (κ3) is 33.0. The molecule has 372 valence electrons.